The van der Waals surface area contributed by atoms with Crippen LogP contribution in [0, 0.1) is 5.82 Å². The molecule has 0 radical (unpaired) electrons. The number of aromatic nitrogens is 1. The first kappa shape index (κ1) is 8.30. The molecule has 1 aromatic carbocycles. The van der Waals surface area contributed by atoms with E-state index in [1.807, 2.05) is 0 Å². The van der Waals surface area contributed by atoms with Crippen molar-refractivity contribution in [1.82, 2.24) is 4.98 Å². The van der Waals surface area contributed by atoms with Crippen LogP contribution in [0.5, 0.6) is 0 Å². The molecule has 1 N–H and O–H groups in total. The van der Waals surface area contributed by atoms with Crippen LogP contribution >= 0.6 is 11.6 Å². The molecule has 0 bridgehead atoms. The summed E-state index contributed by atoms with van der Waals surface area (Å²) in [7, 11) is 0. The summed E-state index contributed by atoms with van der Waals surface area (Å²) in [6, 6.07) is 3.17. The van der Waals surface area contributed by atoms with Gasteiger partial charge in [-0.2, -0.15) is 0 Å². The summed E-state index contributed by atoms with van der Waals surface area (Å²) in [4.78, 5) is 3.29. The van der Waals surface area contributed by atoms with Crippen LogP contribution in [-0.4, -0.2) is 4.98 Å². The van der Waals surface area contributed by atoms with Gasteiger partial charge in [0.1, 0.15) is 5.82 Å². The highest BCUT2D eigenvalue weighted by Gasteiger charge is 2.19. The molecule has 72 valence electrons. The van der Waals surface area contributed by atoms with E-state index in [4.69, 9.17) is 11.6 Å². The minimum absolute atomic E-state index is 0.266. The van der Waals surface area contributed by atoms with E-state index in [1.54, 1.807) is 6.07 Å². The number of H-pyrrole nitrogens is 1. The smallest absolute Gasteiger partial charge is 0.142 e. The summed E-state index contributed by atoms with van der Waals surface area (Å²) in [5.41, 5.74) is 3.40. The molecule has 0 aliphatic heterocycles. The van der Waals surface area contributed by atoms with E-state index in [2.05, 4.69) is 4.98 Å². The minimum atomic E-state index is -0.326. The van der Waals surface area contributed by atoms with Crippen LogP contribution < -0.4 is 0 Å². The van der Waals surface area contributed by atoms with E-state index < -0.39 is 0 Å². The van der Waals surface area contributed by atoms with Crippen LogP contribution in [0.15, 0.2) is 12.1 Å². The second-order valence-electron chi connectivity index (χ2n) is 3.72. The average molecular weight is 210 g/mol. The van der Waals surface area contributed by atoms with Gasteiger partial charge in [-0.15, -0.1) is 0 Å². The van der Waals surface area contributed by atoms with Crippen LogP contribution in [0.25, 0.3) is 10.9 Å². The van der Waals surface area contributed by atoms with Gasteiger partial charge in [0, 0.05) is 16.6 Å². The zero-order chi connectivity index (χ0) is 9.71. The number of aryl methyl sites for hydroxylation is 2. The lowest BCUT2D eigenvalue weighted by Gasteiger charge is -1.98. The molecule has 3 heteroatoms. The van der Waals surface area contributed by atoms with Gasteiger partial charge in [-0.25, -0.2) is 4.39 Å². The average Bonchev–Trinajstić information content (AvgIpc) is 2.70. The molecule has 1 aromatic heterocycles. The number of benzene rings is 1. The molecule has 0 saturated carbocycles. The van der Waals surface area contributed by atoms with E-state index >= 15 is 0 Å². The molecule has 2 aromatic rings. The predicted molar refractivity (Wildman–Crippen MR) is 55.3 cm³/mol. The third-order valence-electron chi connectivity index (χ3n) is 2.90. The Labute approximate surface area is 85.9 Å². The third kappa shape index (κ3) is 0.947. The van der Waals surface area contributed by atoms with Crippen molar-refractivity contribution in [1.29, 1.82) is 0 Å². The van der Waals surface area contributed by atoms with Crippen molar-refractivity contribution in [2.24, 2.45) is 0 Å². The molecule has 1 aliphatic rings. The molecule has 14 heavy (non-hydrogen) atoms. The highest BCUT2D eigenvalue weighted by Crippen LogP contribution is 2.35. The van der Waals surface area contributed by atoms with Crippen molar-refractivity contribution in [2.75, 3.05) is 0 Å². The predicted octanol–water partition coefficient (Wildman–Crippen LogP) is 3.45. The highest BCUT2D eigenvalue weighted by atomic mass is 35.5. The molecule has 0 unspecified atom stereocenters. The topological polar surface area (TPSA) is 15.8 Å². The minimum Gasteiger partial charge on any atom is -0.358 e. The molecule has 1 nitrogen and oxygen atoms in total. The normalized spacial score (nSPS) is 15.0. The maximum absolute atomic E-state index is 13.2. The molecule has 1 aliphatic carbocycles. The molecule has 0 amide bonds. The fourth-order valence-electron chi connectivity index (χ4n) is 2.27. The van der Waals surface area contributed by atoms with Gasteiger partial charge in [0.05, 0.1) is 5.02 Å². The summed E-state index contributed by atoms with van der Waals surface area (Å²) in [5.74, 6) is -0.326. The quantitative estimate of drug-likeness (QED) is 0.684. The number of fused-ring (bicyclic) bond motifs is 3. The summed E-state index contributed by atoms with van der Waals surface area (Å²) in [6.07, 6.45) is 3.21. The van der Waals surface area contributed by atoms with Crippen molar-refractivity contribution < 1.29 is 4.39 Å². The first-order valence-electron chi connectivity index (χ1n) is 4.75. The largest absolute Gasteiger partial charge is 0.358 e. The van der Waals surface area contributed by atoms with Crippen molar-refractivity contribution in [3.63, 3.8) is 0 Å². The van der Waals surface area contributed by atoms with Crippen LogP contribution in [0.4, 0.5) is 4.39 Å². The number of halogens is 2. The fourth-order valence-corrected chi connectivity index (χ4v) is 2.55. The van der Waals surface area contributed by atoms with Crippen LogP contribution in [-0.2, 0) is 12.8 Å². The Hall–Kier alpha value is -1.02. The molecule has 0 saturated heterocycles. The Morgan fingerprint density at radius 2 is 2.14 bits per heavy atom. The van der Waals surface area contributed by atoms with Gasteiger partial charge in [0.2, 0.25) is 0 Å². The summed E-state index contributed by atoms with van der Waals surface area (Å²) >= 11 is 5.96. The lowest BCUT2D eigenvalue weighted by Crippen LogP contribution is -1.81. The Morgan fingerprint density at radius 1 is 1.29 bits per heavy atom. The molecule has 1 heterocycles. The van der Waals surface area contributed by atoms with Crippen molar-refractivity contribution in [2.45, 2.75) is 19.3 Å². The van der Waals surface area contributed by atoms with E-state index in [9.17, 15) is 4.39 Å². The van der Waals surface area contributed by atoms with Crippen molar-refractivity contribution >= 4 is 22.5 Å². The van der Waals surface area contributed by atoms with Gasteiger partial charge in [0.15, 0.2) is 0 Å². The molecule has 3 rings (SSSR count). The molecular formula is C11H9ClFN. The summed E-state index contributed by atoms with van der Waals surface area (Å²) in [6.45, 7) is 0. The van der Waals surface area contributed by atoms with E-state index in [0.717, 1.165) is 30.2 Å². The van der Waals surface area contributed by atoms with E-state index in [-0.39, 0.29) is 10.8 Å². The second-order valence-corrected chi connectivity index (χ2v) is 4.10. The zero-order valence-electron chi connectivity index (χ0n) is 7.53. The molecule has 0 spiro atoms. The second kappa shape index (κ2) is 2.74. The fraction of sp³-hybridized carbons (Fsp3) is 0.273. The number of hydrogen-bond acceptors (Lipinski definition) is 0. The number of nitrogens with one attached hydrogen (secondary N) is 1. The number of rotatable bonds is 0. The van der Waals surface area contributed by atoms with Crippen LogP contribution in [0.3, 0.4) is 0 Å². The molecule has 0 fully saturated rings. The SMILES string of the molecule is Fc1ccc2[nH]c3c(c2c1Cl)CCC3. The lowest BCUT2D eigenvalue weighted by molar-refractivity contribution is 0.630. The summed E-state index contributed by atoms with van der Waals surface area (Å²) < 4.78 is 13.2. The van der Waals surface area contributed by atoms with Gasteiger partial charge in [-0.1, -0.05) is 11.6 Å². The lowest BCUT2D eigenvalue weighted by atomic mass is 10.1. The summed E-state index contributed by atoms with van der Waals surface area (Å²) in [5, 5.41) is 1.15. The Balaban J connectivity index is 2.46. The van der Waals surface area contributed by atoms with Gasteiger partial charge >= 0.3 is 0 Å². The van der Waals surface area contributed by atoms with E-state index in [1.165, 1.54) is 17.3 Å². The maximum Gasteiger partial charge on any atom is 0.142 e. The van der Waals surface area contributed by atoms with Gasteiger partial charge < -0.3 is 4.98 Å². The van der Waals surface area contributed by atoms with E-state index in [0.29, 0.717) is 0 Å². The highest BCUT2D eigenvalue weighted by molar-refractivity contribution is 6.36. The Morgan fingerprint density at radius 3 is 3.00 bits per heavy atom. The molecular weight excluding hydrogens is 201 g/mol. The maximum atomic E-state index is 13.2. The standard InChI is InChI=1S/C11H9ClFN/c12-11-7(13)4-5-9-10(11)6-2-1-3-8(6)14-9/h4-5,14H,1-3H2. The van der Waals surface area contributed by atoms with Crippen LogP contribution in [0.2, 0.25) is 5.02 Å². The monoisotopic (exact) mass is 209 g/mol. The van der Waals surface area contributed by atoms with Crippen molar-refractivity contribution in [3.8, 4) is 0 Å². The molecule has 0 atom stereocenters. The van der Waals surface area contributed by atoms with Gasteiger partial charge in [-0.05, 0) is 37.0 Å². The van der Waals surface area contributed by atoms with Gasteiger partial charge in [0.25, 0.3) is 0 Å². The zero-order valence-corrected chi connectivity index (χ0v) is 8.29. The first-order chi connectivity index (χ1) is 6.77. The first-order valence-corrected chi connectivity index (χ1v) is 5.12. The van der Waals surface area contributed by atoms with Gasteiger partial charge in [-0.3, -0.25) is 0 Å². The van der Waals surface area contributed by atoms with Crippen LogP contribution in [0.1, 0.15) is 17.7 Å². The van der Waals surface area contributed by atoms with Crippen molar-refractivity contribution in [3.05, 3.63) is 34.2 Å². The number of aromatic amines is 1. The Kier molecular flexibility index (Phi) is 1.62. The Bertz CT molecular complexity index is 515. The number of hydrogen-bond donors (Lipinski definition) is 1. The third-order valence-corrected chi connectivity index (χ3v) is 3.27.